The Balaban J connectivity index is 0.00000144. The van der Waals surface area contributed by atoms with Gasteiger partial charge in [0.05, 0.1) is 6.04 Å². The van der Waals surface area contributed by atoms with E-state index in [-0.39, 0.29) is 18.4 Å². The summed E-state index contributed by atoms with van der Waals surface area (Å²) in [6.07, 6.45) is 2.08. The fraction of sp³-hybridized carbons (Fsp3) is 0.111. The molecule has 2 N–H and O–H groups in total. The van der Waals surface area contributed by atoms with E-state index in [0.29, 0.717) is 5.75 Å². The van der Waals surface area contributed by atoms with Gasteiger partial charge in [-0.05, 0) is 29.8 Å². The van der Waals surface area contributed by atoms with Crippen LogP contribution in [0.2, 0.25) is 0 Å². The lowest BCUT2D eigenvalue weighted by Crippen LogP contribution is -2.21. The van der Waals surface area contributed by atoms with Crippen molar-refractivity contribution in [1.82, 2.24) is 9.88 Å². The maximum absolute atomic E-state index is 10.2. The number of hydrogen-bond acceptors (Lipinski definition) is 2. The number of nitrogens with one attached hydrogen (secondary N) is 1. The number of phenols is 1. The molecule has 1 unspecified atom stereocenters. The second kappa shape index (κ2) is 5.87. The van der Waals surface area contributed by atoms with E-state index in [4.69, 9.17) is 0 Å². The molecule has 3 nitrogen and oxygen atoms in total. The van der Waals surface area contributed by atoms with Gasteiger partial charge in [0.2, 0.25) is 0 Å². The van der Waals surface area contributed by atoms with Crippen molar-refractivity contribution >= 4 is 12.4 Å². The second-order valence-corrected chi connectivity index (χ2v) is 5.30. The van der Waals surface area contributed by atoms with Crippen molar-refractivity contribution in [2.45, 2.75) is 12.6 Å². The fourth-order valence-corrected chi connectivity index (χ4v) is 3.06. The molecule has 0 saturated heterocycles. The van der Waals surface area contributed by atoms with Crippen LogP contribution in [0.4, 0.5) is 0 Å². The lowest BCUT2D eigenvalue weighted by Gasteiger charge is -2.19. The first kappa shape index (κ1) is 14.7. The van der Waals surface area contributed by atoms with Gasteiger partial charge in [-0.3, -0.25) is 0 Å². The van der Waals surface area contributed by atoms with Crippen LogP contribution in [0, 0.1) is 0 Å². The zero-order valence-electron chi connectivity index (χ0n) is 11.9. The van der Waals surface area contributed by atoms with Crippen LogP contribution in [0.25, 0.3) is 5.69 Å². The van der Waals surface area contributed by atoms with E-state index in [0.717, 1.165) is 17.8 Å². The topological polar surface area (TPSA) is 37.2 Å². The van der Waals surface area contributed by atoms with Gasteiger partial charge in [0, 0.05) is 29.7 Å². The third kappa shape index (κ3) is 2.28. The Bertz CT molecular complexity index is 797. The van der Waals surface area contributed by atoms with E-state index in [1.54, 1.807) is 6.07 Å². The van der Waals surface area contributed by atoms with Crippen LogP contribution in [0.1, 0.15) is 22.9 Å². The molecule has 4 heteroatoms. The minimum Gasteiger partial charge on any atom is -0.508 e. The number of benzene rings is 2. The molecule has 3 aromatic rings. The van der Waals surface area contributed by atoms with Crippen molar-refractivity contribution in [3.05, 3.63) is 83.7 Å². The normalized spacial score (nSPS) is 16.1. The Morgan fingerprint density at radius 2 is 1.73 bits per heavy atom. The monoisotopic (exact) mass is 312 g/mol. The largest absolute Gasteiger partial charge is 0.508 e. The molecule has 1 atom stereocenters. The number of para-hydroxylation sites is 2. The number of fused-ring (bicyclic) bond motifs is 3. The summed E-state index contributed by atoms with van der Waals surface area (Å²) in [7, 11) is 0. The van der Waals surface area contributed by atoms with Crippen molar-refractivity contribution in [2.24, 2.45) is 0 Å². The van der Waals surface area contributed by atoms with E-state index in [2.05, 4.69) is 46.4 Å². The summed E-state index contributed by atoms with van der Waals surface area (Å²) in [5.41, 5.74) is 4.50. The molecule has 0 bridgehead atoms. The Morgan fingerprint density at radius 3 is 2.59 bits per heavy atom. The highest BCUT2D eigenvalue weighted by atomic mass is 35.5. The molecule has 0 fully saturated rings. The molecule has 0 radical (unpaired) electrons. The summed E-state index contributed by atoms with van der Waals surface area (Å²) in [5.74, 6) is 0.328. The summed E-state index contributed by atoms with van der Waals surface area (Å²) in [6.45, 7) is 0.775. The van der Waals surface area contributed by atoms with Crippen LogP contribution in [0.5, 0.6) is 5.75 Å². The van der Waals surface area contributed by atoms with E-state index in [1.807, 2.05) is 24.3 Å². The Hall–Kier alpha value is -2.23. The van der Waals surface area contributed by atoms with E-state index in [9.17, 15) is 5.11 Å². The van der Waals surface area contributed by atoms with Crippen LogP contribution < -0.4 is 5.32 Å². The zero-order chi connectivity index (χ0) is 14.2. The van der Waals surface area contributed by atoms with E-state index in [1.165, 1.54) is 11.3 Å². The van der Waals surface area contributed by atoms with Crippen LogP contribution in [-0.4, -0.2) is 9.67 Å². The molecule has 0 amide bonds. The molecule has 0 aliphatic carbocycles. The first-order chi connectivity index (χ1) is 10.3. The number of aromatic nitrogens is 1. The highest BCUT2D eigenvalue weighted by Gasteiger charge is 2.24. The van der Waals surface area contributed by atoms with Gasteiger partial charge < -0.3 is 15.0 Å². The van der Waals surface area contributed by atoms with Crippen molar-refractivity contribution < 1.29 is 5.11 Å². The zero-order valence-corrected chi connectivity index (χ0v) is 12.8. The number of hydrogen-bond donors (Lipinski definition) is 2. The van der Waals surface area contributed by atoms with Gasteiger partial charge in [0.25, 0.3) is 0 Å². The molecule has 1 aliphatic rings. The lowest BCUT2D eigenvalue weighted by atomic mass is 10.0. The smallest absolute Gasteiger partial charge is 0.120 e. The van der Waals surface area contributed by atoms with E-state index >= 15 is 0 Å². The molecule has 2 heterocycles. The van der Waals surface area contributed by atoms with Crippen LogP contribution in [-0.2, 0) is 6.54 Å². The van der Waals surface area contributed by atoms with E-state index < -0.39 is 0 Å². The maximum atomic E-state index is 10.2. The number of halogens is 1. The highest BCUT2D eigenvalue weighted by Crippen LogP contribution is 2.33. The van der Waals surface area contributed by atoms with Crippen LogP contribution in [0.15, 0.2) is 66.9 Å². The molecule has 112 valence electrons. The fourth-order valence-electron chi connectivity index (χ4n) is 3.06. The molecule has 4 rings (SSSR count). The van der Waals surface area contributed by atoms with Gasteiger partial charge in [0.1, 0.15) is 5.75 Å². The maximum Gasteiger partial charge on any atom is 0.120 e. The summed E-state index contributed by atoms with van der Waals surface area (Å²) in [5, 5.41) is 13.7. The van der Waals surface area contributed by atoms with Crippen molar-refractivity contribution in [1.29, 1.82) is 0 Å². The summed E-state index contributed by atoms with van der Waals surface area (Å²) < 4.78 is 2.20. The standard InChI is InChI=1S/C18H16N2O.ClH/c21-17-10-4-2-7-14(17)18-16-9-5-11-20(16)15-8-3-1-6-13(15)12-19-18;/h1-11,18-19,21H,12H2;1H. The molecular weight excluding hydrogens is 296 g/mol. The van der Waals surface area contributed by atoms with Gasteiger partial charge in [-0.15, -0.1) is 12.4 Å². The third-order valence-corrected chi connectivity index (χ3v) is 4.07. The van der Waals surface area contributed by atoms with Crippen LogP contribution in [0.3, 0.4) is 0 Å². The Kier molecular flexibility index (Phi) is 3.92. The molecule has 1 aromatic heterocycles. The number of aromatic hydroxyl groups is 1. The summed E-state index contributed by atoms with van der Waals surface area (Å²) in [4.78, 5) is 0. The van der Waals surface area contributed by atoms with Gasteiger partial charge in [-0.2, -0.15) is 0 Å². The number of nitrogens with zero attached hydrogens (tertiary/aromatic N) is 1. The second-order valence-electron chi connectivity index (χ2n) is 5.30. The van der Waals surface area contributed by atoms with Crippen molar-refractivity contribution in [2.75, 3.05) is 0 Å². The van der Waals surface area contributed by atoms with Gasteiger partial charge in [-0.25, -0.2) is 0 Å². The third-order valence-electron chi connectivity index (χ3n) is 4.07. The predicted octanol–water partition coefficient (Wildman–Crippen LogP) is 3.80. The van der Waals surface area contributed by atoms with Gasteiger partial charge in [0.15, 0.2) is 0 Å². The quantitative estimate of drug-likeness (QED) is 0.717. The highest BCUT2D eigenvalue weighted by molar-refractivity contribution is 5.85. The predicted molar refractivity (Wildman–Crippen MR) is 89.8 cm³/mol. The van der Waals surface area contributed by atoms with Gasteiger partial charge >= 0.3 is 0 Å². The molecule has 0 saturated carbocycles. The average molecular weight is 313 g/mol. The van der Waals surface area contributed by atoms with Crippen molar-refractivity contribution in [3.8, 4) is 11.4 Å². The van der Waals surface area contributed by atoms with Crippen molar-refractivity contribution in [3.63, 3.8) is 0 Å². The Morgan fingerprint density at radius 1 is 0.955 bits per heavy atom. The van der Waals surface area contributed by atoms with Gasteiger partial charge in [-0.1, -0.05) is 36.4 Å². The molecular formula is C18H17ClN2O. The first-order valence-corrected chi connectivity index (χ1v) is 7.11. The first-order valence-electron chi connectivity index (χ1n) is 7.11. The molecule has 22 heavy (non-hydrogen) atoms. The Labute approximate surface area is 135 Å². The minimum atomic E-state index is -0.0198. The average Bonchev–Trinajstić information content (AvgIpc) is 2.93. The number of phenolic OH excluding ortho intramolecular Hbond substituents is 1. The minimum absolute atomic E-state index is 0. The molecule has 0 spiro atoms. The molecule has 1 aliphatic heterocycles. The number of rotatable bonds is 1. The molecule has 2 aromatic carbocycles. The lowest BCUT2D eigenvalue weighted by molar-refractivity contribution is 0.456. The van der Waals surface area contributed by atoms with Crippen LogP contribution >= 0.6 is 12.4 Å². The SMILES string of the molecule is Cl.Oc1ccccc1C1NCc2ccccc2-n2cccc21. The summed E-state index contributed by atoms with van der Waals surface area (Å²) in [6, 6.07) is 20.0. The summed E-state index contributed by atoms with van der Waals surface area (Å²) >= 11 is 0.